The third-order valence-electron chi connectivity index (χ3n) is 5.33. The first-order valence-corrected chi connectivity index (χ1v) is 9.41. The number of aromatic nitrogens is 1. The van der Waals surface area contributed by atoms with Gasteiger partial charge >= 0.3 is 6.18 Å². The van der Waals surface area contributed by atoms with Crippen molar-refractivity contribution in [1.29, 1.82) is 0 Å². The second-order valence-electron chi connectivity index (χ2n) is 7.21. The van der Waals surface area contributed by atoms with E-state index >= 15 is 0 Å². The summed E-state index contributed by atoms with van der Waals surface area (Å²) in [4.78, 5) is 18.8. The summed E-state index contributed by atoms with van der Waals surface area (Å²) in [7, 11) is 0. The van der Waals surface area contributed by atoms with Gasteiger partial charge in [0.2, 0.25) is 5.91 Å². The minimum absolute atomic E-state index is 0.00570. The maximum atomic E-state index is 13.2. The van der Waals surface area contributed by atoms with Crippen molar-refractivity contribution in [3.63, 3.8) is 0 Å². The quantitative estimate of drug-likeness (QED) is 0.796. The molecule has 0 unspecified atom stereocenters. The third kappa shape index (κ3) is 3.92. The van der Waals surface area contributed by atoms with Crippen molar-refractivity contribution < 1.29 is 27.1 Å². The zero-order chi connectivity index (χ0) is 19.7. The van der Waals surface area contributed by atoms with Crippen LogP contribution < -0.4 is 0 Å². The van der Waals surface area contributed by atoms with Crippen LogP contribution >= 0.6 is 0 Å². The molecule has 1 amide bonds. The molecule has 0 N–H and O–H groups in total. The summed E-state index contributed by atoms with van der Waals surface area (Å²) in [6, 6.07) is 5.21. The number of benzene rings is 1. The number of oxazole rings is 1. The van der Waals surface area contributed by atoms with Gasteiger partial charge in [-0.25, -0.2) is 4.98 Å². The smallest absolute Gasteiger partial charge is 0.416 e. The molecule has 1 fully saturated rings. The largest absolute Gasteiger partial charge is 0.445 e. The SMILES string of the molecule is O=C(Cc1ccccc1C(F)(F)F)N1CCc2oc(C3CCOCC3)nc2C1. The lowest BCUT2D eigenvalue weighted by atomic mass is 10.0. The van der Waals surface area contributed by atoms with Crippen molar-refractivity contribution in [2.75, 3.05) is 19.8 Å². The fraction of sp³-hybridized carbons (Fsp3) is 0.500. The van der Waals surface area contributed by atoms with Gasteiger partial charge < -0.3 is 14.1 Å². The molecule has 0 atom stereocenters. The molecule has 28 heavy (non-hydrogen) atoms. The maximum absolute atomic E-state index is 13.2. The lowest BCUT2D eigenvalue weighted by Crippen LogP contribution is -2.37. The van der Waals surface area contributed by atoms with Gasteiger partial charge in [-0.15, -0.1) is 0 Å². The Kier molecular flexibility index (Phi) is 5.14. The van der Waals surface area contributed by atoms with Crippen molar-refractivity contribution in [3.8, 4) is 0 Å². The van der Waals surface area contributed by atoms with Gasteiger partial charge in [-0.3, -0.25) is 4.79 Å². The Balaban J connectivity index is 1.46. The van der Waals surface area contributed by atoms with Crippen molar-refractivity contribution in [1.82, 2.24) is 9.88 Å². The number of carbonyl (C=O) groups is 1. The Morgan fingerprint density at radius 3 is 2.71 bits per heavy atom. The van der Waals surface area contributed by atoms with E-state index in [9.17, 15) is 18.0 Å². The number of nitrogens with zero attached hydrogens (tertiary/aromatic N) is 2. The van der Waals surface area contributed by atoms with Crippen molar-refractivity contribution >= 4 is 5.91 Å². The number of hydrogen-bond donors (Lipinski definition) is 0. The Morgan fingerprint density at radius 2 is 1.96 bits per heavy atom. The molecule has 1 aromatic heterocycles. The average molecular weight is 394 g/mol. The molecule has 0 aliphatic carbocycles. The normalized spacial score (nSPS) is 18.2. The zero-order valence-corrected chi connectivity index (χ0v) is 15.3. The highest BCUT2D eigenvalue weighted by Crippen LogP contribution is 2.33. The van der Waals surface area contributed by atoms with E-state index in [1.165, 1.54) is 18.2 Å². The number of carbonyl (C=O) groups excluding carboxylic acids is 1. The summed E-state index contributed by atoms with van der Waals surface area (Å²) in [6.07, 6.45) is -2.52. The van der Waals surface area contributed by atoms with E-state index in [-0.39, 0.29) is 30.4 Å². The molecule has 150 valence electrons. The number of hydrogen-bond acceptors (Lipinski definition) is 4. The minimum atomic E-state index is -4.48. The molecule has 0 saturated carbocycles. The van der Waals surface area contributed by atoms with E-state index < -0.39 is 11.7 Å². The average Bonchev–Trinajstić information content (AvgIpc) is 3.11. The summed E-state index contributed by atoms with van der Waals surface area (Å²) < 4.78 is 50.7. The van der Waals surface area contributed by atoms with Crippen LogP contribution in [0.5, 0.6) is 0 Å². The van der Waals surface area contributed by atoms with Crippen LogP contribution in [0.15, 0.2) is 28.7 Å². The van der Waals surface area contributed by atoms with Gasteiger partial charge in [0.05, 0.1) is 18.5 Å². The molecule has 1 saturated heterocycles. The molecule has 1 aromatic carbocycles. The van der Waals surface area contributed by atoms with E-state index in [2.05, 4.69) is 4.98 Å². The Hall–Kier alpha value is -2.35. The van der Waals surface area contributed by atoms with E-state index in [1.807, 2.05) is 0 Å². The summed E-state index contributed by atoms with van der Waals surface area (Å²) in [5.74, 6) is 1.35. The topological polar surface area (TPSA) is 55.6 Å². The second-order valence-corrected chi connectivity index (χ2v) is 7.21. The molecule has 0 radical (unpaired) electrons. The molecule has 2 aliphatic rings. The molecule has 0 bridgehead atoms. The highest BCUT2D eigenvalue weighted by Gasteiger charge is 2.34. The van der Waals surface area contributed by atoms with Gasteiger partial charge in [0.25, 0.3) is 0 Å². The van der Waals surface area contributed by atoms with Crippen LogP contribution in [0.4, 0.5) is 13.2 Å². The summed E-state index contributed by atoms with van der Waals surface area (Å²) >= 11 is 0. The Bertz CT molecular complexity index is 857. The summed E-state index contributed by atoms with van der Waals surface area (Å²) in [5.41, 5.74) is -0.0525. The van der Waals surface area contributed by atoms with Crippen LogP contribution in [0.3, 0.4) is 0 Å². The van der Waals surface area contributed by atoms with Crippen LogP contribution in [0.1, 0.15) is 47.2 Å². The number of ether oxygens (including phenoxy) is 1. The van der Waals surface area contributed by atoms with Crippen molar-refractivity contribution in [2.24, 2.45) is 0 Å². The van der Waals surface area contributed by atoms with Crippen LogP contribution in [0.2, 0.25) is 0 Å². The molecule has 3 heterocycles. The molecular weight excluding hydrogens is 373 g/mol. The first-order chi connectivity index (χ1) is 13.4. The van der Waals surface area contributed by atoms with E-state index in [1.54, 1.807) is 4.90 Å². The molecule has 5 nitrogen and oxygen atoms in total. The number of amides is 1. The summed E-state index contributed by atoms with van der Waals surface area (Å²) in [5, 5.41) is 0. The Labute approximate surface area is 160 Å². The first kappa shape index (κ1) is 19.0. The maximum Gasteiger partial charge on any atom is 0.416 e. The van der Waals surface area contributed by atoms with E-state index in [0.717, 1.165) is 24.7 Å². The van der Waals surface area contributed by atoms with Crippen molar-refractivity contribution in [3.05, 3.63) is 52.7 Å². The predicted octanol–water partition coefficient (Wildman–Crippen LogP) is 3.71. The predicted molar refractivity (Wildman–Crippen MR) is 93.6 cm³/mol. The fourth-order valence-corrected chi connectivity index (χ4v) is 3.78. The number of fused-ring (bicyclic) bond motifs is 1. The second kappa shape index (κ2) is 7.58. The van der Waals surface area contributed by atoms with Gasteiger partial charge in [-0.1, -0.05) is 18.2 Å². The highest BCUT2D eigenvalue weighted by molar-refractivity contribution is 5.79. The van der Waals surface area contributed by atoms with Gasteiger partial charge in [0.1, 0.15) is 11.5 Å². The van der Waals surface area contributed by atoms with Gasteiger partial charge in [0.15, 0.2) is 5.89 Å². The molecule has 4 rings (SSSR count). The number of alkyl halides is 3. The monoisotopic (exact) mass is 394 g/mol. The first-order valence-electron chi connectivity index (χ1n) is 9.41. The lowest BCUT2D eigenvalue weighted by molar-refractivity contribution is -0.138. The van der Waals surface area contributed by atoms with E-state index in [0.29, 0.717) is 37.8 Å². The van der Waals surface area contributed by atoms with Crippen LogP contribution in [0, 0.1) is 0 Å². The lowest BCUT2D eigenvalue weighted by Gasteiger charge is -2.26. The fourth-order valence-electron chi connectivity index (χ4n) is 3.78. The highest BCUT2D eigenvalue weighted by atomic mass is 19.4. The van der Waals surface area contributed by atoms with E-state index in [4.69, 9.17) is 9.15 Å². The number of rotatable bonds is 3. The van der Waals surface area contributed by atoms with Gasteiger partial charge in [-0.05, 0) is 24.5 Å². The zero-order valence-electron chi connectivity index (χ0n) is 15.3. The van der Waals surface area contributed by atoms with Crippen LogP contribution in [-0.2, 0) is 35.1 Å². The Morgan fingerprint density at radius 1 is 1.21 bits per heavy atom. The minimum Gasteiger partial charge on any atom is -0.445 e. The molecule has 2 aromatic rings. The summed E-state index contributed by atoms with van der Waals surface area (Å²) in [6.45, 7) is 2.05. The molecule has 2 aliphatic heterocycles. The standard InChI is InChI=1S/C20H21F3N2O3/c21-20(22,23)15-4-2-1-3-14(15)11-18(26)25-8-5-17-16(12-25)24-19(28-17)13-6-9-27-10-7-13/h1-4,13H,5-12H2. The molecule has 0 spiro atoms. The molecular formula is C20H21F3N2O3. The number of halogens is 3. The third-order valence-corrected chi connectivity index (χ3v) is 5.33. The van der Waals surface area contributed by atoms with Crippen LogP contribution in [0.25, 0.3) is 0 Å². The van der Waals surface area contributed by atoms with Crippen molar-refractivity contribution in [2.45, 2.75) is 44.3 Å². The van der Waals surface area contributed by atoms with Gasteiger partial charge in [-0.2, -0.15) is 13.2 Å². The molecule has 8 heteroatoms. The van der Waals surface area contributed by atoms with Gasteiger partial charge in [0, 0.05) is 32.1 Å². The van der Waals surface area contributed by atoms with Crippen LogP contribution in [-0.4, -0.2) is 35.5 Å².